The number of piperazine rings is 1. The number of rotatable bonds is 5. The van der Waals surface area contributed by atoms with E-state index in [0.717, 1.165) is 45.3 Å². The van der Waals surface area contributed by atoms with Crippen LogP contribution in [0.2, 0.25) is 0 Å². The van der Waals surface area contributed by atoms with Gasteiger partial charge in [-0.2, -0.15) is 0 Å². The largest absolute Gasteiger partial charge is 0.484 e. The lowest BCUT2D eigenvalue weighted by Crippen LogP contribution is -2.48. The summed E-state index contributed by atoms with van der Waals surface area (Å²) < 4.78 is 12.1. The predicted octanol–water partition coefficient (Wildman–Crippen LogP) is 4.11. The van der Waals surface area contributed by atoms with Gasteiger partial charge >= 0.3 is 0 Å². The van der Waals surface area contributed by atoms with Crippen molar-refractivity contribution in [2.75, 3.05) is 39.8 Å². The van der Waals surface area contributed by atoms with Crippen molar-refractivity contribution in [1.29, 1.82) is 0 Å². The molecule has 1 aliphatic heterocycles. The third-order valence-electron chi connectivity index (χ3n) is 6.70. The maximum Gasteiger partial charge on any atom is 0.260 e. The minimum atomic E-state index is -0.422. The first-order valence-corrected chi connectivity index (χ1v) is 12.9. The van der Waals surface area contributed by atoms with E-state index in [9.17, 15) is 9.59 Å². The summed E-state index contributed by atoms with van der Waals surface area (Å²) >= 11 is 5.08. The third-order valence-corrected chi connectivity index (χ3v) is 7.99. The Labute approximate surface area is 211 Å². The van der Waals surface area contributed by atoms with E-state index in [1.807, 2.05) is 42.3 Å². The average molecular weight is 543 g/mol. The highest BCUT2D eigenvalue weighted by molar-refractivity contribution is 9.10. The van der Waals surface area contributed by atoms with Crippen LogP contribution >= 0.6 is 28.1 Å². The molecule has 9 heteroatoms. The SMILES string of the molecule is CNSN1CCN(C(=O)COc2ccc3c(c2)C(C)(C)c2[nH]c4cc(Br)ccc4c2C3=O)CC1. The van der Waals surface area contributed by atoms with Gasteiger partial charge in [0.05, 0.1) is 5.56 Å². The average Bonchev–Trinajstić information content (AvgIpc) is 3.22. The number of nitrogens with zero attached hydrogens (tertiary/aromatic N) is 2. The van der Waals surface area contributed by atoms with Gasteiger partial charge in [-0.05, 0) is 42.9 Å². The van der Waals surface area contributed by atoms with Crippen LogP contribution in [0, 0.1) is 0 Å². The summed E-state index contributed by atoms with van der Waals surface area (Å²) in [7, 11) is 1.89. The van der Waals surface area contributed by atoms with Crippen molar-refractivity contribution < 1.29 is 14.3 Å². The van der Waals surface area contributed by atoms with E-state index in [-0.39, 0.29) is 18.3 Å². The Kier molecular flexibility index (Phi) is 6.22. The van der Waals surface area contributed by atoms with Crippen LogP contribution in [0.15, 0.2) is 40.9 Å². The molecule has 2 heterocycles. The van der Waals surface area contributed by atoms with Crippen molar-refractivity contribution in [3.8, 4) is 5.75 Å². The summed E-state index contributed by atoms with van der Waals surface area (Å²) in [4.78, 5) is 31.5. The van der Waals surface area contributed by atoms with Gasteiger partial charge in [0.2, 0.25) is 0 Å². The van der Waals surface area contributed by atoms with Crippen molar-refractivity contribution in [3.05, 3.63) is 63.3 Å². The second kappa shape index (κ2) is 9.03. The van der Waals surface area contributed by atoms with Crippen LogP contribution in [0.1, 0.15) is 41.0 Å². The quantitative estimate of drug-likeness (QED) is 0.472. The molecule has 0 saturated carbocycles. The number of hydrogen-bond acceptors (Lipinski definition) is 6. The Morgan fingerprint density at radius 2 is 1.94 bits per heavy atom. The molecular weight excluding hydrogens is 516 g/mol. The van der Waals surface area contributed by atoms with Crippen molar-refractivity contribution in [2.45, 2.75) is 19.3 Å². The van der Waals surface area contributed by atoms with Crippen LogP contribution in [0.4, 0.5) is 0 Å². The number of ketones is 1. The van der Waals surface area contributed by atoms with Gasteiger partial charge in [0.1, 0.15) is 5.75 Å². The van der Waals surface area contributed by atoms with E-state index in [2.05, 4.69) is 43.8 Å². The number of benzene rings is 2. The zero-order chi connectivity index (χ0) is 24.0. The lowest BCUT2D eigenvalue weighted by atomic mass is 9.71. The van der Waals surface area contributed by atoms with Crippen LogP contribution in [-0.2, 0) is 10.2 Å². The van der Waals surface area contributed by atoms with Crippen molar-refractivity contribution in [3.63, 3.8) is 0 Å². The molecule has 178 valence electrons. The number of nitrogens with one attached hydrogen (secondary N) is 2. The lowest BCUT2D eigenvalue weighted by molar-refractivity contribution is -0.134. The van der Waals surface area contributed by atoms with Crippen LogP contribution in [0.5, 0.6) is 5.75 Å². The summed E-state index contributed by atoms with van der Waals surface area (Å²) in [6, 6.07) is 11.5. The topological polar surface area (TPSA) is 77.7 Å². The molecule has 34 heavy (non-hydrogen) atoms. The fraction of sp³-hybridized carbons (Fsp3) is 0.360. The number of hydrogen-bond donors (Lipinski definition) is 2. The Morgan fingerprint density at radius 3 is 2.68 bits per heavy atom. The molecule has 1 aliphatic carbocycles. The second-order valence-corrected chi connectivity index (χ2v) is 11.1. The number of aromatic amines is 1. The summed E-state index contributed by atoms with van der Waals surface area (Å²) in [5, 5.41) is 0.932. The Morgan fingerprint density at radius 1 is 1.18 bits per heavy atom. The van der Waals surface area contributed by atoms with Gasteiger partial charge < -0.3 is 14.6 Å². The number of fused-ring (bicyclic) bond motifs is 4. The Hall–Kier alpha value is -2.33. The molecular formula is C25H27BrN4O3S. The molecule has 2 aliphatic rings. The maximum absolute atomic E-state index is 13.5. The molecule has 1 amide bonds. The molecule has 0 radical (unpaired) electrons. The zero-order valence-electron chi connectivity index (χ0n) is 19.4. The Balaban J connectivity index is 1.35. The molecule has 1 saturated heterocycles. The predicted molar refractivity (Wildman–Crippen MR) is 138 cm³/mol. The van der Waals surface area contributed by atoms with Gasteiger partial charge in [-0.15, -0.1) is 0 Å². The monoisotopic (exact) mass is 542 g/mol. The molecule has 7 nitrogen and oxygen atoms in total. The smallest absolute Gasteiger partial charge is 0.260 e. The number of amides is 1. The second-order valence-electron chi connectivity index (χ2n) is 9.12. The first-order chi connectivity index (χ1) is 16.3. The number of halogens is 1. The van der Waals surface area contributed by atoms with Crippen LogP contribution < -0.4 is 9.46 Å². The summed E-state index contributed by atoms with van der Waals surface area (Å²) in [6.07, 6.45) is 0. The first kappa shape index (κ1) is 23.4. The normalized spacial score (nSPS) is 17.5. The van der Waals surface area contributed by atoms with Gasteiger partial charge in [0.15, 0.2) is 12.4 Å². The molecule has 0 spiro atoms. The standard InChI is InChI=1S/C25H27BrN4O3S/c1-25(2)19-13-16(33-14-21(31)29-8-10-30(11-9-29)34-27-3)5-7-17(19)23(32)22-18-6-4-15(26)12-20(18)28-24(22)25/h4-7,12-13,27-28H,8-11,14H2,1-3H3. The lowest BCUT2D eigenvalue weighted by Gasteiger charge is -2.33. The third kappa shape index (κ3) is 4.04. The molecule has 0 unspecified atom stereocenters. The van der Waals surface area contributed by atoms with Crippen LogP contribution in [0.25, 0.3) is 10.9 Å². The molecule has 0 bridgehead atoms. The Bertz CT molecular complexity index is 1280. The van der Waals surface area contributed by atoms with Crippen molar-refractivity contribution in [2.24, 2.45) is 0 Å². The zero-order valence-corrected chi connectivity index (χ0v) is 21.8. The van der Waals surface area contributed by atoms with E-state index in [4.69, 9.17) is 4.74 Å². The molecule has 5 rings (SSSR count). The highest BCUT2D eigenvalue weighted by Gasteiger charge is 2.40. The minimum Gasteiger partial charge on any atom is -0.484 e. The molecule has 3 aromatic rings. The van der Waals surface area contributed by atoms with E-state index >= 15 is 0 Å². The number of H-pyrrole nitrogens is 1. The summed E-state index contributed by atoms with van der Waals surface area (Å²) in [6.45, 7) is 7.20. The number of aromatic nitrogens is 1. The molecule has 1 fully saturated rings. The molecule has 2 N–H and O–H groups in total. The van der Waals surface area contributed by atoms with Gasteiger partial charge in [0.25, 0.3) is 5.91 Å². The number of ether oxygens (including phenoxy) is 1. The minimum absolute atomic E-state index is 0.0119. The van der Waals surface area contributed by atoms with Crippen LogP contribution in [0.3, 0.4) is 0 Å². The molecule has 2 aromatic carbocycles. The van der Waals surface area contributed by atoms with Gasteiger partial charge in [-0.3, -0.25) is 14.3 Å². The number of carbonyl (C=O) groups is 2. The van der Waals surface area contributed by atoms with Gasteiger partial charge in [-0.1, -0.05) is 35.8 Å². The molecule has 0 atom stereocenters. The first-order valence-electron chi connectivity index (χ1n) is 11.3. The van der Waals surface area contributed by atoms with Gasteiger partial charge in [-0.25, -0.2) is 4.31 Å². The fourth-order valence-corrected chi connectivity index (χ4v) is 5.83. The van der Waals surface area contributed by atoms with E-state index in [1.54, 1.807) is 18.2 Å². The van der Waals surface area contributed by atoms with Crippen molar-refractivity contribution >= 4 is 50.7 Å². The highest BCUT2D eigenvalue weighted by Crippen LogP contribution is 2.44. The van der Waals surface area contributed by atoms with E-state index in [0.29, 0.717) is 24.4 Å². The van der Waals surface area contributed by atoms with E-state index < -0.39 is 5.41 Å². The van der Waals surface area contributed by atoms with E-state index in [1.165, 1.54) is 0 Å². The summed E-state index contributed by atoms with van der Waals surface area (Å²) in [5.74, 6) is 0.586. The van der Waals surface area contributed by atoms with Crippen LogP contribution in [-0.4, -0.2) is 65.7 Å². The molecule has 1 aromatic heterocycles. The van der Waals surface area contributed by atoms with Crippen molar-refractivity contribution in [1.82, 2.24) is 18.9 Å². The maximum atomic E-state index is 13.5. The highest BCUT2D eigenvalue weighted by atomic mass is 79.9. The van der Waals surface area contributed by atoms with Gasteiger partial charge in [0, 0.05) is 70.4 Å². The summed E-state index contributed by atoms with van der Waals surface area (Å²) in [5.41, 5.74) is 3.73. The fourth-order valence-electron chi connectivity index (χ4n) is 4.87. The number of carbonyl (C=O) groups excluding carboxylic acids is 2.